The predicted molar refractivity (Wildman–Crippen MR) is 84.3 cm³/mol. The molecule has 2 rings (SSSR count). The smallest absolute Gasteiger partial charge is 0.186 e. The van der Waals surface area contributed by atoms with E-state index in [9.17, 15) is 25.5 Å². The third-order valence-electron chi connectivity index (χ3n) is 5.27. The van der Waals surface area contributed by atoms with Crippen LogP contribution in [0.3, 0.4) is 0 Å². The first kappa shape index (κ1) is 20.9. The van der Waals surface area contributed by atoms with Crippen LogP contribution in [0.2, 0.25) is 0 Å². The highest BCUT2D eigenvalue weighted by Crippen LogP contribution is 2.35. The zero-order valence-corrected chi connectivity index (χ0v) is 14.8. The van der Waals surface area contributed by atoms with E-state index in [2.05, 4.69) is 0 Å². The molecule has 25 heavy (non-hydrogen) atoms. The fraction of sp³-hybridized carbons (Fsp3) is 1.00. The molecule has 0 spiro atoms. The molecular formula is C16H30O9. The van der Waals surface area contributed by atoms with Crippen LogP contribution in [0.5, 0.6) is 0 Å². The molecule has 0 amide bonds. The Morgan fingerprint density at radius 1 is 0.880 bits per heavy atom. The number of aliphatic hydroxyl groups excluding tert-OH is 5. The van der Waals surface area contributed by atoms with Gasteiger partial charge in [0.25, 0.3) is 0 Å². The van der Waals surface area contributed by atoms with E-state index in [1.54, 1.807) is 0 Å². The quantitative estimate of drug-likeness (QED) is 0.368. The molecule has 0 aromatic carbocycles. The third kappa shape index (κ3) is 4.15. The summed E-state index contributed by atoms with van der Waals surface area (Å²) in [5.74, 6) is -0.240. The molecule has 0 aromatic rings. The lowest BCUT2D eigenvalue weighted by atomic mass is 9.80. The second-order valence-electron chi connectivity index (χ2n) is 6.69. The molecule has 2 aliphatic rings. The first-order chi connectivity index (χ1) is 11.9. The Hall–Kier alpha value is -0.360. The lowest BCUT2D eigenvalue weighted by molar-refractivity contribution is -0.350. The molecule has 2 saturated heterocycles. The van der Waals surface area contributed by atoms with Gasteiger partial charge >= 0.3 is 0 Å². The van der Waals surface area contributed by atoms with Gasteiger partial charge < -0.3 is 44.5 Å². The van der Waals surface area contributed by atoms with Crippen molar-refractivity contribution < 1.29 is 44.5 Å². The van der Waals surface area contributed by atoms with Crippen molar-refractivity contribution in [2.45, 2.75) is 69.5 Å². The number of ether oxygens (including phenoxy) is 4. The monoisotopic (exact) mass is 366 g/mol. The van der Waals surface area contributed by atoms with E-state index in [4.69, 9.17) is 18.9 Å². The number of rotatable bonds is 6. The molecule has 0 aliphatic carbocycles. The molecule has 9 heteroatoms. The van der Waals surface area contributed by atoms with E-state index in [0.29, 0.717) is 0 Å². The summed E-state index contributed by atoms with van der Waals surface area (Å²) in [6.07, 6.45) is -7.89. The minimum Gasteiger partial charge on any atom is -0.394 e. The number of hydrogen-bond donors (Lipinski definition) is 5. The van der Waals surface area contributed by atoms with Gasteiger partial charge in [0.15, 0.2) is 12.6 Å². The van der Waals surface area contributed by atoms with Crippen LogP contribution in [-0.2, 0) is 18.9 Å². The van der Waals surface area contributed by atoms with Crippen LogP contribution in [0.4, 0.5) is 0 Å². The van der Waals surface area contributed by atoms with Gasteiger partial charge in [0.1, 0.15) is 30.5 Å². The first-order valence-corrected chi connectivity index (χ1v) is 8.64. The van der Waals surface area contributed by atoms with Crippen molar-refractivity contribution in [3.63, 3.8) is 0 Å². The van der Waals surface area contributed by atoms with Crippen molar-refractivity contribution in [1.29, 1.82) is 0 Å². The first-order valence-electron chi connectivity index (χ1n) is 8.64. The largest absolute Gasteiger partial charge is 0.394 e. The van der Waals surface area contributed by atoms with Crippen molar-refractivity contribution >= 4 is 0 Å². The summed E-state index contributed by atoms with van der Waals surface area (Å²) in [5, 5.41) is 49.9. The minimum absolute atomic E-state index is 0.0375. The highest BCUT2D eigenvalue weighted by molar-refractivity contribution is 4.92. The normalized spacial score (nSPS) is 48.5. The number of hydrogen-bond acceptors (Lipinski definition) is 9. The van der Waals surface area contributed by atoms with Crippen molar-refractivity contribution in [3.8, 4) is 0 Å². The fourth-order valence-electron chi connectivity index (χ4n) is 3.69. The summed E-state index contributed by atoms with van der Waals surface area (Å²) in [6, 6.07) is 0. The van der Waals surface area contributed by atoms with Crippen molar-refractivity contribution in [2.24, 2.45) is 11.8 Å². The molecule has 0 saturated carbocycles. The Morgan fingerprint density at radius 3 is 2.00 bits per heavy atom. The highest BCUT2D eigenvalue weighted by Gasteiger charge is 2.49. The van der Waals surface area contributed by atoms with Gasteiger partial charge in [0, 0.05) is 7.11 Å². The van der Waals surface area contributed by atoms with Crippen LogP contribution in [0, 0.1) is 11.8 Å². The molecule has 2 aliphatic heterocycles. The lowest BCUT2D eigenvalue weighted by Crippen LogP contribution is -2.62. The van der Waals surface area contributed by atoms with Gasteiger partial charge in [-0.2, -0.15) is 0 Å². The SMILES string of the molecule is CC[C@H]1C(CO)O[C@H](O[C@@H]2C(O)C(O)[C@@H](OC)O[C@H]2CO)C(O)[C@@H]1C. The van der Waals surface area contributed by atoms with Crippen LogP contribution in [0.25, 0.3) is 0 Å². The summed E-state index contributed by atoms with van der Waals surface area (Å²) in [6.45, 7) is 3.08. The Bertz CT molecular complexity index is 405. The second kappa shape index (κ2) is 9.03. The standard InChI is InChI=1S/C16H30O9/c1-4-8-7(2)11(19)16(23-9(8)5-17)25-14-10(6-18)24-15(22-3)13(21)12(14)20/h7-21H,4-6H2,1-3H3/t7-,8-,9?,10+,11?,12?,13?,14+,15+,16-/m1/s1. The van der Waals surface area contributed by atoms with Gasteiger partial charge in [-0.3, -0.25) is 0 Å². The maximum Gasteiger partial charge on any atom is 0.186 e. The zero-order chi connectivity index (χ0) is 18.7. The van der Waals surface area contributed by atoms with E-state index in [-0.39, 0.29) is 18.4 Å². The molecule has 4 unspecified atom stereocenters. The summed E-state index contributed by atoms with van der Waals surface area (Å²) < 4.78 is 21.7. The van der Waals surface area contributed by atoms with Gasteiger partial charge in [-0.1, -0.05) is 20.3 Å². The molecular weight excluding hydrogens is 336 g/mol. The number of methoxy groups -OCH3 is 1. The molecule has 9 nitrogen and oxygen atoms in total. The third-order valence-corrected chi connectivity index (χ3v) is 5.27. The van der Waals surface area contributed by atoms with Crippen molar-refractivity contribution in [3.05, 3.63) is 0 Å². The van der Waals surface area contributed by atoms with Gasteiger partial charge in [-0.15, -0.1) is 0 Å². The second-order valence-corrected chi connectivity index (χ2v) is 6.69. The predicted octanol–water partition coefficient (Wildman–Crippen LogP) is -1.80. The van der Waals surface area contributed by atoms with Crippen LogP contribution in [0.15, 0.2) is 0 Å². The Labute approximate surface area is 147 Å². The van der Waals surface area contributed by atoms with E-state index in [0.717, 1.165) is 6.42 Å². The fourth-order valence-corrected chi connectivity index (χ4v) is 3.69. The van der Waals surface area contributed by atoms with Gasteiger partial charge in [0.05, 0.1) is 19.3 Å². The van der Waals surface area contributed by atoms with Crippen molar-refractivity contribution in [2.75, 3.05) is 20.3 Å². The Morgan fingerprint density at radius 2 is 1.48 bits per heavy atom. The molecule has 148 valence electrons. The van der Waals surface area contributed by atoms with E-state index >= 15 is 0 Å². The minimum atomic E-state index is -1.40. The van der Waals surface area contributed by atoms with Gasteiger partial charge in [-0.25, -0.2) is 0 Å². The summed E-state index contributed by atoms with van der Waals surface area (Å²) in [5.41, 5.74) is 0. The van der Waals surface area contributed by atoms with Gasteiger partial charge in [-0.05, 0) is 11.8 Å². The molecule has 0 radical (unpaired) electrons. The van der Waals surface area contributed by atoms with Gasteiger partial charge in [0.2, 0.25) is 0 Å². The molecule has 0 bridgehead atoms. The van der Waals surface area contributed by atoms with E-state index in [1.165, 1.54) is 7.11 Å². The van der Waals surface area contributed by atoms with Crippen LogP contribution >= 0.6 is 0 Å². The average Bonchev–Trinajstić information content (AvgIpc) is 2.62. The van der Waals surface area contributed by atoms with Crippen molar-refractivity contribution in [1.82, 2.24) is 0 Å². The average molecular weight is 366 g/mol. The molecule has 2 fully saturated rings. The molecule has 5 N–H and O–H groups in total. The Kier molecular flexibility index (Phi) is 7.56. The van der Waals surface area contributed by atoms with Crippen LogP contribution in [-0.4, -0.2) is 95.1 Å². The van der Waals surface area contributed by atoms with Crippen LogP contribution in [0.1, 0.15) is 20.3 Å². The summed E-state index contributed by atoms with van der Waals surface area (Å²) in [7, 11) is 1.31. The topological polar surface area (TPSA) is 138 Å². The number of aliphatic hydroxyl groups is 5. The molecule has 2 heterocycles. The maximum atomic E-state index is 10.5. The molecule has 10 atom stereocenters. The Balaban J connectivity index is 2.13. The highest BCUT2D eigenvalue weighted by atomic mass is 16.7. The van der Waals surface area contributed by atoms with Crippen LogP contribution < -0.4 is 0 Å². The lowest BCUT2D eigenvalue weighted by Gasteiger charge is -2.47. The summed E-state index contributed by atoms with van der Waals surface area (Å²) in [4.78, 5) is 0. The maximum absolute atomic E-state index is 10.5. The summed E-state index contributed by atoms with van der Waals surface area (Å²) >= 11 is 0. The molecule has 0 aromatic heterocycles. The van der Waals surface area contributed by atoms with E-state index < -0.39 is 55.8 Å². The van der Waals surface area contributed by atoms with E-state index in [1.807, 2.05) is 13.8 Å². The zero-order valence-electron chi connectivity index (χ0n) is 14.8.